The highest BCUT2D eigenvalue weighted by molar-refractivity contribution is 5.82. The first-order valence-electron chi connectivity index (χ1n) is 7.44. The number of benzene rings is 1. The Hall–Kier alpha value is -2.34. The van der Waals surface area contributed by atoms with Crippen molar-refractivity contribution in [3.63, 3.8) is 0 Å². The molecule has 1 atom stereocenters. The number of carbonyl (C=O) groups excluding carboxylic acids is 2. The Morgan fingerprint density at radius 3 is 2.43 bits per heavy atom. The van der Waals surface area contributed by atoms with Crippen molar-refractivity contribution >= 4 is 12.1 Å². The van der Waals surface area contributed by atoms with Gasteiger partial charge in [-0.05, 0) is 32.9 Å². The molecule has 0 aliphatic rings. The van der Waals surface area contributed by atoms with Crippen LogP contribution in [0.3, 0.4) is 0 Å². The van der Waals surface area contributed by atoms with Gasteiger partial charge in [0.2, 0.25) is 0 Å². The van der Waals surface area contributed by atoms with E-state index in [9.17, 15) is 14.7 Å². The minimum Gasteiger partial charge on any atom is -0.464 e. The molecule has 1 aromatic rings. The third kappa shape index (κ3) is 6.12. The number of ether oxygens (including phenoxy) is 2. The van der Waals surface area contributed by atoms with Gasteiger partial charge in [0.05, 0.1) is 13.2 Å². The summed E-state index contributed by atoms with van der Waals surface area (Å²) in [6.45, 7) is 5.17. The lowest BCUT2D eigenvalue weighted by molar-refractivity contribution is -0.150. The fourth-order valence-electron chi connectivity index (χ4n) is 1.80. The molecule has 1 aromatic carbocycles. The Labute approximate surface area is 136 Å². The second-order valence-electron chi connectivity index (χ2n) is 5.07. The van der Waals surface area contributed by atoms with Crippen LogP contribution in [-0.4, -0.2) is 47.9 Å². The van der Waals surface area contributed by atoms with Gasteiger partial charge in [-0.25, -0.2) is 9.59 Å². The zero-order valence-electron chi connectivity index (χ0n) is 13.7. The summed E-state index contributed by atoms with van der Waals surface area (Å²) >= 11 is 0. The summed E-state index contributed by atoms with van der Waals surface area (Å²) in [5.41, 5.74) is 0.975. The summed E-state index contributed by atoms with van der Waals surface area (Å²) in [7, 11) is 0. The first-order valence-corrected chi connectivity index (χ1v) is 7.44. The van der Waals surface area contributed by atoms with E-state index in [1.54, 1.807) is 43.3 Å². The van der Waals surface area contributed by atoms with Crippen molar-refractivity contribution in [3.8, 4) is 5.75 Å². The van der Waals surface area contributed by atoms with Crippen molar-refractivity contribution in [1.82, 2.24) is 4.90 Å². The van der Waals surface area contributed by atoms with E-state index in [0.717, 1.165) is 10.5 Å². The van der Waals surface area contributed by atoms with Gasteiger partial charge in [0.1, 0.15) is 5.75 Å². The number of allylic oxidation sites excluding steroid dienone is 1. The number of carbonyl (C=O) groups is 2. The summed E-state index contributed by atoms with van der Waals surface area (Å²) in [6.07, 6.45) is 1.05. The molecule has 126 valence electrons. The van der Waals surface area contributed by atoms with Crippen molar-refractivity contribution in [2.24, 2.45) is 0 Å². The zero-order valence-corrected chi connectivity index (χ0v) is 13.7. The largest absolute Gasteiger partial charge is 0.464 e. The third-order valence-electron chi connectivity index (χ3n) is 2.99. The van der Waals surface area contributed by atoms with Crippen LogP contribution in [0.25, 0.3) is 0 Å². The average Bonchev–Trinajstić information content (AvgIpc) is 2.52. The Morgan fingerprint density at radius 1 is 1.26 bits per heavy atom. The van der Waals surface area contributed by atoms with Gasteiger partial charge in [-0.3, -0.25) is 4.90 Å². The van der Waals surface area contributed by atoms with Gasteiger partial charge < -0.3 is 14.6 Å². The van der Waals surface area contributed by atoms with E-state index in [1.807, 2.05) is 13.8 Å². The van der Waals surface area contributed by atoms with Crippen molar-refractivity contribution in [2.75, 3.05) is 19.8 Å². The number of aliphatic hydroxyl groups is 1. The molecule has 0 aliphatic heterocycles. The number of esters is 1. The molecule has 1 amide bonds. The highest BCUT2D eigenvalue weighted by atomic mass is 16.6. The molecule has 0 aromatic heterocycles. The van der Waals surface area contributed by atoms with Crippen LogP contribution in [0.1, 0.15) is 20.8 Å². The quantitative estimate of drug-likeness (QED) is 0.616. The predicted octanol–water partition coefficient (Wildman–Crippen LogP) is 2.38. The smallest absolute Gasteiger partial charge is 0.416 e. The minimum atomic E-state index is -1.11. The number of para-hydroxylation sites is 1. The number of hydrogen-bond donors (Lipinski definition) is 1. The first-order chi connectivity index (χ1) is 11.0. The Balaban J connectivity index is 2.95. The molecule has 1 rings (SSSR count). The van der Waals surface area contributed by atoms with E-state index in [0.29, 0.717) is 5.75 Å². The number of aliphatic hydroxyl groups excluding tert-OH is 1. The third-order valence-corrected chi connectivity index (χ3v) is 2.99. The van der Waals surface area contributed by atoms with Crippen LogP contribution in [0.15, 0.2) is 42.0 Å². The fraction of sp³-hybridized carbons (Fsp3) is 0.412. The van der Waals surface area contributed by atoms with Crippen LogP contribution in [0, 0.1) is 0 Å². The maximum atomic E-state index is 12.4. The van der Waals surface area contributed by atoms with Gasteiger partial charge in [0.15, 0.2) is 6.04 Å². The van der Waals surface area contributed by atoms with Crippen molar-refractivity contribution in [2.45, 2.75) is 26.8 Å². The Morgan fingerprint density at radius 2 is 1.91 bits per heavy atom. The van der Waals surface area contributed by atoms with Gasteiger partial charge in [-0.2, -0.15) is 0 Å². The molecule has 1 unspecified atom stereocenters. The van der Waals surface area contributed by atoms with Gasteiger partial charge in [-0.15, -0.1) is 0 Å². The monoisotopic (exact) mass is 321 g/mol. The molecule has 0 aliphatic carbocycles. The summed E-state index contributed by atoms with van der Waals surface area (Å²) in [5.74, 6) is -0.303. The van der Waals surface area contributed by atoms with Gasteiger partial charge in [0, 0.05) is 6.54 Å². The molecule has 0 saturated heterocycles. The average molecular weight is 321 g/mol. The highest BCUT2D eigenvalue weighted by Crippen LogP contribution is 2.13. The van der Waals surface area contributed by atoms with Crippen molar-refractivity contribution < 1.29 is 24.2 Å². The van der Waals surface area contributed by atoms with E-state index in [4.69, 9.17) is 9.47 Å². The second-order valence-corrected chi connectivity index (χ2v) is 5.07. The van der Waals surface area contributed by atoms with Crippen LogP contribution in [0.4, 0.5) is 4.79 Å². The lowest BCUT2D eigenvalue weighted by Crippen LogP contribution is -2.49. The van der Waals surface area contributed by atoms with Crippen molar-refractivity contribution in [1.29, 1.82) is 0 Å². The summed E-state index contributed by atoms with van der Waals surface area (Å²) in [5, 5.41) is 9.50. The molecule has 1 N–H and O–H groups in total. The molecule has 6 nitrogen and oxygen atoms in total. The first kappa shape index (κ1) is 18.7. The maximum Gasteiger partial charge on any atom is 0.416 e. The molecule has 0 spiro atoms. The summed E-state index contributed by atoms with van der Waals surface area (Å²) in [4.78, 5) is 25.5. The molecule has 6 heteroatoms. The molecule has 0 heterocycles. The van der Waals surface area contributed by atoms with Crippen LogP contribution < -0.4 is 4.74 Å². The van der Waals surface area contributed by atoms with Crippen LogP contribution in [0.2, 0.25) is 0 Å². The summed E-state index contributed by atoms with van der Waals surface area (Å²) in [6, 6.07) is 7.43. The molecule has 0 bridgehead atoms. The minimum absolute atomic E-state index is 0.137. The molecule has 0 radical (unpaired) electrons. The number of rotatable bonds is 7. The predicted molar refractivity (Wildman–Crippen MR) is 86.1 cm³/mol. The molecule has 23 heavy (non-hydrogen) atoms. The topological polar surface area (TPSA) is 76.1 Å². The number of nitrogens with zero attached hydrogens (tertiary/aromatic N) is 1. The standard InChI is InChI=1S/C17H23NO5/c1-4-22-16(20)15(12-19)18(11-10-13(2)3)17(21)23-14-8-6-5-7-9-14/h5-10,15,19H,4,11-12H2,1-3H3. The van der Waals surface area contributed by atoms with Crippen molar-refractivity contribution in [3.05, 3.63) is 42.0 Å². The second kappa shape index (κ2) is 9.63. The fourth-order valence-corrected chi connectivity index (χ4v) is 1.80. The van der Waals surface area contributed by atoms with E-state index >= 15 is 0 Å². The Bertz CT molecular complexity index is 537. The molecule has 0 saturated carbocycles. The lowest BCUT2D eigenvalue weighted by atomic mass is 10.2. The van der Waals surface area contributed by atoms with Gasteiger partial charge >= 0.3 is 12.1 Å². The van der Waals surface area contributed by atoms with Crippen LogP contribution >= 0.6 is 0 Å². The maximum absolute atomic E-state index is 12.4. The summed E-state index contributed by atoms with van der Waals surface area (Å²) < 4.78 is 10.2. The molecular weight excluding hydrogens is 298 g/mol. The highest BCUT2D eigenvalue weighted by Gasteiger charge is 2.31. The van der Waals surface area contributed by atoms with Gasteiger partial charge in [0.25, 0.3) is 0 Å². The normalized spacial score (nSPS) is 11.3. The molecule has 0 fully saturated rings. The SMILES string of the molecule is CCOC(=O)C(CO)N(CC=C(C)C)C(=O)Oc1ccccc1. The van der Waals surface area contributed by atoms with Crippen LogP contribution in [-0.2, 0) is 9.53 Å². The number of hydrogen-bond acceptors (Lipinski definition) is 5. The zero-order chi connectivity index (χ0) is 17.2. The Kier molecular flexibility index (Phi) is 7.83. The van der Waals surface area contributed by atoms with E-state index in [-0.39, 0.29) is 13.2 Å². The lowest BCUT2D eigenvalue weighted by Gasteiger charge is -2.27. The van der Waals surface area contributed by atoms with E-state index < -0.39 is 24.7 Å². The van der Waals surface area contributed by atoms with E-state index in [2.05, 4.69) is 0 Å². The van der Waals surface area contributed by atoms with E-state index in [1.165, 1.54) is 0 Å². The number of amides is 1. The molecular formula is C17H23NO5. The van der Waals surface area contributed by atoms with Gasteiger partial charge in [-0.1, -0.05) is 29.8 Å². The van der Waals surface area contributed by atoms with Crippen LogP contribution in [0.5, 0.6) is 5.75 Å².